The maximum Gasteiger partial charge on any atom is 0.248 e. The number of amidine groups is 1. The molecule has 114 valence electrons. The van der Waals surface area contributed by atoms with Crippen molar-refractivity contribution in [2.75, 3.05) is 0 Å². The Balaban J connectivity index is 1.73. The normalized spacial score (nSPS) is 23.3. The van der Waals surface area contributed by atoms with Gasteiger partial charge in [-0.25, -0.2) is 0 Å². The van der Waals surface area contributed by atoms with Crippen LogP contribution in [0, 0.1) is 0 Å². The molecule has 5 heteroatoms. The summed E-state index contributed by atoms with van der Waals surface area (Å²) in [4.78, 5) is 19.4. The lowest BCUT2D eigenvalue weighted by Gasteiger charge is -2.32. The van der Waals surface area contributed by atoms with Gasteiger partial charge in [0.2, 0.25) is 5.91 Å². The van der Waals surface area contributed by atoms with E-state index in [1.54, 1.807) is 4.90 Å². The molecule has 2 aromatic carbocycles. The minimum Gasteiger partial charge on any atom is -0.273 e. The van der Waals surface area contributed by atoms with Crippen molar-refractivity contribution in [3.8, 4) is 0 Å². The lowest BCUT2D eigenvalue weighted by molar-refractivity contribution is -0.125. The maximum absolute atomic E-state index is 12.9. The first-order valence-electron chi connectivity index (χ1n) is 7.33. The lowest BCUT2D eigenvalue weighted by Crippen LogP contribution is -2.43. The van der Waals surface area contributed by atoms with E-state index in [2.05, 4.69) is 12.6 Å². The monoisotopic (exact) mass is 338 g/mol. The van der Waals surface area contributed by atoms with Crippen molar-refractivity contribution in [1.29, 1.82) is 0 Å². The van der Waals surface area contributed by atoms with E-state index in [1.807, 2.05) is 66.1 Å². The van der Waals surface area contributed by atoms with Gasteiger partial charge < -0.3 is 0 Å². The molecule has 4 rings (SSSR count). The van der Waals surface area contributed by atoms with Gasteiger partial charge in [0.05, 0.1) is 11.7 Å². The van der Waals surface area contributed by atoms with Gasteiger partial charge in [0, 0.05) is 5.41 Å². The molecule has 2 aliphatic rings. The quantitative estimate of drug-likeness (QED) is 0.841. The van der Waals surface area contributed by atoms with Gasteiger partial charge in [-0.15, -0.1) is 0 Å². The minimum atomic E-state index is -0.480. The van der Waals surface area contributed by atoms with Crippen LogP contribution in [-0.4, -0.2) is 21.2 Å². The number of hydrogen-bond donors (Lipinski definition) is 1. The zero-order chi connectivity index (χ0) is 15.8. The van der Waals surface area contributed by atoms with Crippen molar-refractivity contribution in [2.24, 2.45) is 4.99 Å². The molecule has 0 aromatic heterocycles. The third-order valence-corrected chi connectivity index (χ3v) is 5.28. The molecule has 1 amide bonds. The number of carbonyl (C=O) groups is 1. The summed E-state index contributed by atoms with van der Waals surface area (Å²) >= 11 is 6.06. The number of aliphatic imine (C=N–C) groups is 1. The first-order valence-corrected chi connectivity index (χ1v) is 8.72. The van der Waals surface area contributed by atoms with Gasteiger partial charge in [-0.3, -0.25) is 14.7 Å². The topological polar surface area (TPSA) is 32.7 Å². The van der Waals surface area contributed by atoms with E-state index in [1.165, 1.54) is 11.8 Å². The summed E-state index contributed by atoms with van der Waals surface area (Å²) in [5.41, 5.74) is 2.91. The van der Waals surface area contributed by atoms with Crippen molar-refractivity contribution in [2.45, 2.75) is 11.3 Å². The summed E-state index contributed by atoms with van der Waals surface area (Å²) in [6.45, 7) is 0. The SMILES string of the molecule is O=C1[C@@H](S)[C@@H](c2ccccc2)N=C2SC=C(c3ccccc3)N12. The van der Waals surface area contributed by atoms with Gasteiger partial charge >= 0.3 is 0 Å². The Bertz CT molecular complexity index is 802. The molecule has 2 aliphatic heterocycles. The Hall–Kier alpha value is -1.98. The van der Waals surface area contributed by atoms with E-state index >= 15 is 0 Å². The van der Waals surface area contributed by atoms with E-state index in [-0.39, 0.29) is 11.9 Å². The van der Waals surface area contributed by atoms with Crippen LogP contribution in [0.3, 0.4) is 0 Å². The largest absolute Gasteiger partial charge is 0.273 e. The number of carbonyl (C=O) groups excluding carboxylic acids is 1. The van der Waals surface area contributed by atoms with Crippen LogP contribution in [0.1, 0.15) is 17.2 Å². The smallest absolute Gasteiger partial charge is 0.248 e. The summed E-state index contributed by atoms with van der Waals surface area (Å²) in [5, 5.41) is 2.24. The van der Waals surface area contributed by atoms with Crippen molar-refractivity contribution < 1.29 is 4.79 Å². The number of hydrogen-bond acceptors (Lipinski definition) is 4. The molecule has 0 bridgehead atoms. The number of thioether (sulfide) groups is 1. The number of rotatable bonds is 2. The molecule has 0 radical (unpaired) electrons. The summed E-state index contributed by atoms with van der Waals surface area (Å²) in [6.07, 6.45) is 0. The fourth-order valence-corrected chi connectivity index (χ4v) is 4.07. The van der Waals surface area contributed by atoms with Gasteiger partial charge in [0.25, 0.3) is 0 Å². The summed E-state index contributed by atoms with van der Waals surface area (Å²) in [7, 11) is 0. The molecule has 0 aliphatic carbocycles. The Kier molecular flexibility index (Phi) is 3.75. The van der Waals surface area contributed by atoms with E-state index in [4.69, 9.17) is 4.99 Å². The molecule has 0 unspecified atom stereocenters. The molecule has 2 aromatic rings. The number of thiol groups is 1. The van der Waals surface area contributed by atoms with Crippen LogP contribution in [-0.2, 0) is 4.79 Å². The Morgan fingerprint density at radius 1 is 1.00 bits per heavy atom. The second-order valence-corrected chi connectivity index (χ2v) is 6.77. The van der Waals surface area contributed by atoms with Crippen LogP contribution in [0.5, 0.6) is 0 Å². The molecule has 0 N–H and O–H groups in total. The van der Waals surface area contributed by atoms with Crippen LogP contribution in [0.25, 0.3) is 5.70 Å². The molecule has 2 heterocycles. The Labute approximate surface area is 144 Å². The summed E-state index contributed by atoms with van der Waals surface area (Å²) in [5.74, 6) is -0.0210. The van der Waals surface area contributed by atoms with Crippen molar-refractivity contribution in [3.05, 3.63) is 77.2 Å². The fourth-order valence-electron chi connectivity index (χ4n) is 2.79. The van der Waals surface area contributed by atoms with E-state index in [0.29, 0.717) is 0 Å². The second-order valence-electron chi connectivity index (χ2n) is 5.37. The maximum atomic E-state index is 12.9. The minimum absolute atomic E-state index is 0.0210. The molecule has 0 saturated carbocycles. The molecule has 0 saturated heterocycles. The predicted octanol–water partition coefficient (Wildman–Crippen LogP) is 3.97. The molecular weight excluding hydrogens is 324 g/mol. The molecule has 0 spiro atoms. The number of fused-ring (bicyclic) bond motifs is 1. The van der Waals surface area contributed by atoms with Crippen LogP contribution in [0.4, 0.5) is 0 Å². The first-order chi connectivity index (χ1) is 11.3. The highest BCUT2D eigenvalue weighted by Gasteiger charge is 2.41. The van der Waals surface area contributed by atoms with E-state index < -0.39 is 5.25 Å². The summed E-state index contributed by atoms with van der Waals surface area (Å²) < 4.78 is 0. The molecular formula is C18H14N2OS2. The Morgan fingerprint density at radius 3 is 2.35 bits per heavy atom. The standard InChI is InChI=1S/C18H14N2OS2/c21-17-16(22)15(13-9-5-2-6-10-13)19-18-20(17)14(11-23-18)12-7-3-1-4-8-12/h1-11,15-16,22H/t15-,16+/m1/s1. The van der Waals surface area contributed by atoms with Gasteiger partial charge in [0.1, 0.15) is 5.25 Å². The summed E-state index contributed by atoms with van der Waals surface area (Å²) in [6, 6.07) is 19.5. The third kappa shape index (κ3) is 2.50. The van der Waals surface area contributed by atoms with Crippen molar-refractivity contribution in [1.82, 2.24) is 4.90 Å². The third-order valence-electron chi connectivity index (χ3n) is 3.94. The average molecular weight is 338 g/mol. The van der Waals surface area contributed by atoms with Crippen LogP contribution >= 0.6 is 24.4 Å². The second kappa shape index (κ2) is 5.91. The highest BCUT2D eigenvalue weighted by atomic mass is 32.2. The van der Waals surface area contributed by atoms with Crippen LogP contribution < -0.4 is 0 Å². The zero-order valence-electron chi connectivity index (χ0n) is 12.2. The van der Waals surface area contributed by atoms with Crippen molar-refractivity contribution >= 4 is 41.2 Å². The molecule has 2 atom stereocenters. The van der Waals surface area contributed by atoms with Gasteiger partial charge in [-0.2, -0.15) is 12.6 Å². The van der Waals surface area contributed by atoms with E-state index in [9.17, 15) is 4.79 Å². The average Bonchev–Trinajstić information content (AvgIpc) is 3.04. The number of amides is 1. The molecule has 3 nitrogen and oxygen atoms in total. The Morgan fingerprint density at radius 2 is 1.65 bits per heavy atom. The zero-order valence-corrected chi connectivity index (χ0v) is 13.9. The van der Waals surface area contributed by atoms with Crippen molar-refractivity contribution in [3.63, 3.8) is 0 Å². The molecule has 23 heavy (non-hydrogen) atoms. The number of nitrogens with zero attached hydrogens (tertiary/aromatic N) is 2. The van der Waals surface area contributed by atoms with E-state index in [0.717, 1.165) is 22.0 Å². The van der Waals surface area contributed by atoms with Gasteiger partial charge in [-0.1, -0.05) is 72.4 Å². The first kappa shape index (κ1) is 14.6. The lowest BCUT2D eigenvalue weighted by atomic mass is 10.0. The predicted molar refractivity (Wildman–Crippen MR) is 98.2 cm³/mol. The number of benzene rings is 2. The van der Waals surface area contributed by atoms with Crippen LogP contribution in [0.2, 0.25) is 0 Å². The van der Waals surface area contributed by atoms with Gasteiger partial charge in [-0.05, 0) is 11.1 Å². The van der Waals surface area contributed by atoms with Gasteiger partial charge in [0.15, 0.2) is 5.17 Å². The fraction of sp³-hybridized carbons (Fsp3) is 0.111. The van der Waals surface area contributed by atoms with Crippen LogP contribution in [0.15, 0.2) is 71.1 Å². The molecule has 0 fully saturated rings. The highest BCUT2D eigenvalue weighted by Crippen LogP contribution is 2.41. The highest BCUT2D eigenvalue weighted by molar-refractivity contribution is 8.16.